The van der Waals surface area contributed by atoms with Crippen molar-refractivity contribution in [3.63, 3.8) is 0 Å². The van der Waals surface area contributed by atoms with Gasteiger partial charge in [-0.15, -0.1) is 11.8 Å². The van der Waals surface area contributed by atoms with Crippen molar-refractivity contribution in [3.05, 3.63) is 41.5 Å². The second-order valence-electron chi connectivity index (χ2n) is 6.49. The highest BCUT2D eigenvalue weighted by molar-refractivity contribution is 7.99. The number of hydrogen-bond acceptors (Lipinski definition) is 7. The fourth-order valence-electron chi connectivity index (χ4n) is 3.28. The summed E-state index contributed by atoms with van der Waals surface area (Å²) in [4.78, 5) is 14.6. The number of hydrogen-bond donors (Lipinski definition) is 1. The molecule has 1 heterocycles. The predicted molar refractivity (Wildman–Crippen MR) is 111 cm³/mol. The van der Waals surface area contributed by atoms with E-state index in [2.05, 4.69) is 0 Å². The largest absolute Gasteiger partial charge is 0.502 e. The first-order valence-electron chi connectivity index (χ1n) is 9.08. The van der Waals surface area contributed by atoms with Crippen LogP contribution in [0.1, 0.15) is 22.9 Å². The molecule has 0 radical (unpaired) electrons. The van der Waals surface area contributed by atoms with Crippen molar-refractivity contribution >= 4 is 17.7 Å². The van der Waals surface area contributed by atoms with Gasteiger partial charge in [-0.05, 0) is 35.4 Å². The molecular weight excluding hydrogens is 394 g/mol. The topological polar surface area (TPSA) is 77.5 Å². The average Bonchev–Trinajstić information content (AvgIpc) is 2.75. The minimum atomic E-state index is -0.239. The summed E-state index contributed by atoms with van der Waals surface area (Å²) in [7, 11) is 6.16. The summed E-state index contributed by atoms with van der Waals surface area (Å²) in [5, 5.41) is 9.98. The number of thioether (sulfide) groups is 1. The summed E-state index contributed by atoms with van der Waals surface area (Å²) in [6, 6.07) is 9.07. The number of rotatable bonds is 7. The lowest BCUT2D eigenvalue weighted by Crippen LogP contribution is -2.36. The number of aromatic hydroxyl groups is 1. The minimum Gasteiger partial charge on any atom is -0.502 e. The molecule has 7 nitrogen and oxygen atoms in total. The van der Waals surface area contributed by atoms with Crippen LogP contribution in [0, 0.1) is 0 Å². The van der Waals surface area contributed by atoms with Crippen molar-refractivity contribution in [1.82, 2.24) is 4.90 Å². The van der Waals surface area contributed by atoms with Gasteiger partial charge in [0.1, 0.15) is 16.9 Å². The Morgan fingerprint density at radius 1 is 0.966 bits per heavy atom. The molecule has 156 valence electrons. The molecule has 1 fully saturated rings. The van der Waals surface area contributed by atoms with Crippen LogP contribution >= 0.6 is 11.8 Å². The van der Waals surface area contributed by atoms with Crippen molar-refractivity contribution in [2.45, 2.75) is 18.3 Å². The van der Waals surface area contributed by atoms with E-state index in [1.807, 2.05) is 17.0 Å². The van der Waals surface area contributed by atoms with Gasteiger partial charge in [-0.1, -0.05) is 0 Å². The number of carbonyl (C=O) groups is 1. The molecular formula is C21H25NO6S. The van der Waals surface area contributed by atoms with Gasteiger partial charge in [0.25, 0.3) is 0 Å². The molecule has 0 aliphatic carbocycles. The molecule has 0 spiro atoms. The third-order valence-electron chi connectivity index (χ3n) is 4.75. The van der Waals surface area contributed by atoms with Gasteiger partial charge in [0, 0.05) is 24.8 Å². The number of benzene rings is 2. The van der Waals surface area contributed by atoms with Crippen LogP contribution in [0.5, 0.6) is 28.7 Å². The first-order chi connectivity index (χ1) is 14.0. The van der Waals surface area contributed by atoms with Crippen LogP contribution in [0.25, 0.3) is 0 Å². The van der Waals surface area contributed by atoms with Crippen molar-refractivity contribution in [2.24, 2.45) is 0 Å². The van der Waals surface area contributed by atoms with E-state index in [9.17, 15) is 9.90 Å². The number of ether oxygens (including phenoxy) is 4. The standard InChI is InChI=1S/C21H25NO6S/c1-25-15-7-13(8-16(11-15)26-2)12-22-19(23)5-6-29-21(22)14-9-17(27-3)20(24)18(10-14)28-4/h7-11,21,24H,5-6,12H2,1-4H3. The Kier molecular flexibility index (Phi) is 6.64. The molecule has 0 aromatic heterocycles. The fourth-order valence-corrected chi connectivity index (χ4v) is 4.50. The number of methoxy groups -OCH3 is 4. The van der Waals surface area contributed by atoms with E-state index < -0.39 is 0 Å². The number of phenols is 1. The fraction of sp³-hybridized carbons (Fsp3) is 0.381. The summed E-state index contributed by atoms with van der Waals surface area (Å²) < 4.78 is 21.3. The summed E-state index contributed by atoms with van der Waals surface area (Å²) in [5.41, 5.74) is 1.73. The van der Waals surface area contributed by atoms with E-state index in [0.717, 1.165) is 11.1 Å². The van der Waals surface area contributed by atoms with Crippen LogP contribution in [0.2, 0.25) is 0 Å². The summed E-state index contributed by atoms with van der Waals surface area (Å²) in [5.74, 6) is 2.66. The van der Waals surface area contributed by atoms with Crippen LogP contribution in [-0.2, 0) is 11.3 Å². The molecule has 1 unspecified atom stereocenters. The summed E-state index contributed by atoms with van der Waals surface area (Å²) in [6.07, 6.45) is 0.467. The zero-order valence-corrected chi connectivity index (χ0v) is 17.7. The van der Waals surface area contributed by atoms with Gasteiger partial charge in [-0.2, -0.15) is 0 Å². The molecule has 1 amide bonds. The zero-order valence-electron chi connectivity index (χ0n) is 16.9. The van der Waals surface area contributed by atoms with Crippen LogP contribution in [0.15, 0.2) is 30.3 Å². The SMILES string of the molecule is COc1cc(CN2C(=O)CCSC2c2cc(OC)c(O)c(OC)c2)cc(OC)c1. The van der Waals surface area contributed by atoms with Gasteiger partial charge >= 0.3 is 0 Å². The van der Waals surface area contributed by atoms with E-state index in [-0.39, 0.29) is 17.0 Å². The Morgan fingerprint density at radius 3 is 2.07 bits per heavy atom. The summed E-state index contributed by atoms with van der Waals surface area (Å²) in [6.45, 7) is 0.398. The van der Waals surface area contributed by atoms with E-state index >= 15 is 0 Å². The van der Waals surface area contributed by atoms with Crippen molar-refractivity contribution in [2.75, 3.05) is 34.2 Å². The van der Waals surface area contributed by atoms with Crippen molar-refractivity contribution < 1.29 is 28.8 Å². The monoisotopic (exact) mass is 419 g/mol. The third-order valence-corrected chi connectivity index (χ3v) is 6.03. The Labute approximate surface area is 174 Å². The van der Waals surface area contributed by atoms with E-state index in [0.29, 0.717) is 41.7 Å². The zero-order chi connectivity index (χ0) is 21.0. The normalized spacial score (nSPS) is 16.5. The molecule has 2 aromatic rings. The van der Waals surface area contributed by atoms with Gasteiger partial charge < -0.3 is 29.0 Å². The second kappa shape index (κ2) is 9.17. The highest BCUT2D eigenvalue weighted by atomic mass is 32.2. The quantitative estimate of drug-likeness (QED) is 0.735. The van der Waals surface area contributed by atoms with Crippen LogP contribution in [-0.4, -0.2) is 50.1 Å². The van der Waals surface area contributed by atoms with Crippen molar-refractivity contribution in [3.8, 4) is 28.7 Å². The molecule has 2 aromatic carbocycles. The maximum absolute atomic E-state index is 12.8. The maximum Gasteiger partial charge on any atom is 0.224 e. The molecule has 1 saturated heterocycles. The predicted octanol–water partition coefficient (Wildman–Crippen LogP) is 3.59. The van der Waals surface area contributed by atoms with Crippen LogP contribution < -0.4 is 18.9 Å². The Morgan fingerprint density at radius 2 is 1.55 bits per heavy atom. The van der Waals surface area contributed by atoms with Gasteiger partial charge in [0.05, 0.1) is 28.4 Å². The number of nitrogens with zero attached hydrogens (tertiary/aromatic N) is 1. The molecule has 1 atom stereocenters. The molecule has 29 heavy (non-hydrogen) atoms. The molecule has 0 saturated carbocycles. The second-order valence-corrected chi connectivity index (χ2v) is 7.68. The molecule has 1 aliphatic heterocycles. The van der Waals surface area contributed by atoms with Crippen LogP contribution in [0.3, 0.4) is 0 Å². The Bertz CT molecular complexity index is 840. The lowest BCUT2D eigenvalue weighted by Gasteiger charge is -2.36. The van der Waals surface area contributed by atoms with E-state index in [4.69, 9.17) is 18.9 Å². The molecule has 1 N–H and O–H groups in total. The number of phenolic OH excluding ortho intramolecular Hbond substituents is 1. The first-order valence-corrected chi connectivity index (χ1v) is 10.1. The molecule has 1 aliphatic rings. The number of carbonyl (C=O) groups excluding carboxylic acids is 1. The number of amides is 1. The molecule has 0 bridgehead atoms. The average molecular weight is 419 g/mol. The maximum atomic E-state index is 12.8. The summed E-state index contributed by atoms with van der Waals surface area (Å²) >= 11 is 1.66. The Hall–Kier alpha value is -2.74. The molecule has 8 heteroatoms. The smallest absolute Gasteiger partial charge is 0.224 e. The van der Waals surface area contributed by atoms with Gasteiger partial charge in [0.15, 0.2) is 11.5 Å². The lowest BCUT2D eigenvalue weighted by molar-refractivity contribution is -0.132. The highest BCUT2D eigenvalue weighted by Crippen LogP contribution is 2.45. The third kappa shape index (κ3) is 4.48. The lowest BCUT2D eigenvalue weighted by atomic mass is 10.1. The van der Waals surface area contributed by atoms with Crippen molar-refractivity contribution in [1.29, 1.82) is 0 Å². The van der Waals surface area contributed by atoms with Gasteiger partial charge in [-0.25, -0.2) is 0 Å². The first kappa shape index (κ1) is 21.0. The van der Waals surface area contributed by atoms with Gasteiger partial charge in [0.2, 0.25) is 11.7 Å². The van der Waals surface area contributed by atoms with Gasteiger partial charge in [-0.3, -0.25) is 4.79 Å². The minimum absolute atomic E-state index is 0.0570. The highest BCUT2D eigenvalue weighted by Gasteiger charge is 2.31. The Balaban J connectivity index is 1.98. The van der Waals surface area contributed by atoms with Crippen LogP contribution in [0.4, 0.5) is 0 Å². The van der Waals surface area contributed by atoms with E-state index in [1.165, 1.54) is 14.2 Å². The van der Waals surface area contributed by atoms with E-state index in [1.54, 1.807) is 44.2 Å². The molecule has 3 rings (SSSR count).